The van der Waals surface area contributed by atoms with Gasteiger partial charge in [0.1, 0.15) is 4.83 Å². The van der Waals surface area contributed by atoms with E-state index in [0.29, 0.717) is 0 Å². The van der Waals surface area contributed by atoms with Crippen LogP contribution in [0.1, 0.15) is 37.0 Å². The van der Waals surface area contributed by atoms with E-state index in [1.54, 1.807) is 22.9 Å². The van der Waals surface area contributed by atoms with Crippen LogP contribution < -0.4 is 15.9 Å². The number of aromatic nitrogens is 1. The number of nitrogens with one attached hydrogen (secondary N) is 3. The third-order valence-electron chi connectivity index (χ3n) is 4.76. The van der Waals surface area contributed by atoms with Gasteiger partial charge in [-0.3, -0.25) is 15.1 Å². The highest BCUT2D eigenvalue weighted by Crippen LogP contribution is 2.30. The maximum Gasteiger partial charge on any atom is 0.267 e. The molecule has 33 heavy (non-hydrogen) atoms. The second-order valence-corrected chi connectivity index (χ2v) is 8.23. The first-order valence-corrected chi connectivity index (χ1v) is 12.2. The minimum absolute atomic E-state index is 0.539. The van der Waals surface area contributed by atoms with Crippen molar-refractivity contribution < 1.29 is 10.0 Å². The summed E-state index contributed by atoms with van der Waals surface area (Å²) in [5.41, 5.74) is 6.24. The van der Waals surface area contributed by atoms with Crippen LogP contribution in [-0.4, -0.2) is 22.6 Å². The van der Waals surface area contributed by atoms with Crippen LogP contribution >= 0.6 is 24.2 Å². The van der Waals surface area contributed by atoms with Crippen LogP contribution in [0.15, 0.2) is 60.0 Å². The summed E-state index contributed by atoms with van der Waals surface area (Å²) in [5.74, 6) is -0.539. The van der Waals surface area contributed by atoms with E-state index < -0.39 is 5.91 Å². The molecule has 4 rings (SSSR count). The van der Waals surface area contributed by atoms with Crippen molar-refractivity contribution in [1.29, 1.82) is 0 Å². The van der Waals surface area contributed by atoms with Crippen molar-refractivity contribution in [2.24, 2.45) is 5.14 Å². The molecule has 0 atom stereocenters. The maximum atomic E-state index is 11.0. The molecule has 0 aliphatic heterocycles. The lowest BCUT2D eigenvalue weighted by atomic mass is 10.1. The smallest absolute Gasteiger partial charge is 0.267 e. The molecule has 0 fully saturated rings. The normalized spacial score (nSPS) is 10.6. The average Bonchev–Trinajstić information content (AvgIpc) is 3.45. The molecule has 2 aromatic carbocycles. The third-order valence-corrected chi connectivity index (χ3v) is 5.59. The van der Waals surface area contributed by atoms with Gasteiger partial charge in [0.25, 0.3) is 5.91 Å². The number of amides is 1. The molecular formula is C25H32N4O2S2. The standard InChI is InChI=1S/C22H21N3O2S.C3H8.H3NS/c26-20(25-27)9-8-15-4-6-16(7-5-15)14-23-12-10-17-2-1-3-18-19-11-13-28-22(19)24-21(17)18;1-3-2;1-2/h1-9,11,13,23-24,27H,10,12,14H2,(H,25,26);3H2,1-2H3;2H,1H2/b9-8+;;. The Morgan fingerprint density at radius 3 is 2.55 bits per heavy atom. The number of carbonyl (C=O) groups excluding carboxylic acids is 1. The van der Waals surface area contributed by atoms with Gasteiger partial charge in [-0.1, -0.05) is 62.7 Å². The predicted octanol–water partition coefficient (Wildman–Crippen LogP) is 5.44. The number of benzene rings is 2. The molecule has 0 spiro atoms. The van der Waals surface area contributed by atoms with Crippen LogP contribution in [0.3, 0.4) is 0 Å². The SMILES string of the molecule is CCC.NS.O=C(/C=C/c1ccc(CNCCc2cccc3c2[nH]c2sccc23)cc1)NO. The number of nitrogens with two attached hydrogens (primary N) is 1. The molecule has 2 heterocycles. The number of hydrogen-bond donors (Lipinski definition) is 6. The summed E-state index contributed by atoms with van der Waals surface area (Å²) in [7, 11) is 0. The molecule has 6 N–H and O–H groups in total. The lowest BCUT2D eigenvalue weighted by Gasteiger charge is -2.07. The van der Waals surface area contributed by atoms with E-state index in [1.807, 2.05) is 24.3 Å². The highest BCUT2D eigenvalue weighted by Gasteiger charge is 2.08. The number of hydrogen-bond acceptors (Lipinski definition) is 6. The molecule has 4 aromatic rings. The lowest BCUT2D eigenvalue weighted by molar-refractivity contribution is -0.124. The molecule has 0 unspecified atom stereocenters. The minimum atomic E-state index is -0.539. The van der Waals surface area contributed by atoms with Gasteiger partial charge in [0.05, 0.1) is 5.52 Å². The largest absolute Gasteiger partial charge is 0.346 e. The Morgan fingerprint density at radius 2 is 1.85 bits per heavy atom. The molecule has 0 saturated heterocycles. The van der Waals surface area contributed by atoms with E-state index in [1.165, 1.54) is 44.7 Å². The molecule has 6 nitrogen and oxygen atoms in total. The van der Waals surface area contributed by atoms with Gasteiger partial charge in [-0.25, -0.2) is 5.48 Å². The van der Waals surface area contributed by atoms with Crippen molar-refractivity contribution in [3.63, 3.8) is 0 Å². The Balaban J connectivity index is 0.000000714. The fourth-order valence-electron chi connectivity index (χ4n) is 3.32. The molecule has 0 radical (unpaired) electrons. The Kier molecular flexibility index (Phi) is 11.7. The van der Waals surface area contributed by atoms with Crippen LogP contribution in [0.25, 0.3) is 27.2 Å². The first-order valence-electron chi connectivity index (χ1n) is 10.8. The van der Waals surface area contributed by atoms with Crippen LogP contribution in [0.2, 0.25) is 0 Å². The van der Waals surface area contributed by atoms with E-state index in [9.17, 15) is 4.79 Å². The topological polar surface area (TPSA) is 103 Å². The van der Waals surface area contributed by atoms with Crippen molar-refractivity contribution in [2.45, 2.75) is 33.2 Å². The summed E-state index contributed by atoms with van der Waals surface area (Å²) < 4.78 is 0. The van der Waals surface area contributed by atoms with Gasteiger partial charge in [0.15, 0.2) is 0 Å². The number of H-pyrrole nitrogens is 1. The number of carbonyl (C=O) groups is 1. The van der Waals surface area contributed by atoms with E-state index in [4.69, 9.17) is 5.21 Å². The van der Waals surface area contributed by atoms with Crippen molar-refractivity contribution in [2.75, 3.05) is 6.54 Å². The van der Waals surface area contributed by atoms with Crippen LogP contribution in [0.4, 0.5) is 0 Å². The van der Waals surface area contributed by atoms with Crippen LogP contribution in [0.5, 0.6) is 0 Å². The quantitative estimate of drug-likeness (QED) is 0.0691. The van der Waals surface area contributed by atoms with E-state index in [2.05, 4.69) is 71.7 Å². The number of para-hydroxylation sites is 1. The number of hydroxylamine groups is 1. The van der Waals surface area contributed by atoms with Crippen molar-refractivity contribution in [1.82, 2.24) is 15.8 Å². The van der Waals surface area contributed by atoms with Gasteiger partial charge in [0.2, 0.25) is 0 Å². The van der Waals surface area contributed by atoms with Crippen molar-refractivity contribution in [3.8, 4) is 0 Å². The fraction of sp³-hybridized carbons (Fsp3) is 0.240. The lowest BCUT2D eigenvalue weighted by Crippen LogP contribution is -2.16. The second-order valence-electron chi connectivity index (χ2n) is 7.31. The van der Waals surface area contributed by atoms with E-state index in [-0.39, 0.29) is 0 Å². The number of thiol groups is 1. The molecular weight excluding hydrogens is 452 g/mol. The third kappa shape index (κ3) is 7.73. The van der Waals surface area contributed by atoms with Gasteiger partial charge in [-0.2, -0.15) is 0 Å². The molecule has 0 aliphatic carbocycles. The first-order chi connectivity index (χ1) is 16.2. The molecule has 8 heteroatoms. The van der Waals surface area contributed by atoms with Gasteiger partial charge < -0.3 is 10.3 Å². The summed E-state index contributed by atoms with van der Waals surface area (Å²) >= 11 is 4.77. The Morgan fingerprint density at radius 1 is 1.12 bits per heavy atom. The number of fused-ring (bicyclic) bond motifs is 3. The monoisotopic (exact) mass is 484 g/mol. The van der Waals surface area contributed by atoms with E-state index >= 15 is 0 Å². The number of rotatable bonds is 7. The molecule has 176 valence electrons. The Labute approximate surface area is 204 Å². The first kappa shape index (κ1) is 26.6. The van der Waals surface area contributed by atoms with Crippen LogP contribution in [-0.2, 0) is 17.8 Å². The summed E-state index contributed by atoms with van der Waals surface area (Å²) in [6.45, 7) is 5.93. The molecule has 2 aromatic heterocycles. The van der Waals surface area contributed by atoms with Crippen molar-refractivity contribution in [3.05, 3.63) is 76.7 Å². The minimum Gasteiger partial charge on any atom is -0.346 e. The molecule has 0 bridgehead atoms. The van der Waals surface area contributed by atoms with Gasteiger partial charge in [0, 0.05) is 23.4 Å². The predicted molar refractivity (Wildman–Crippen MR) is 144 cm³/mol. The zero-order valence-electron chi connectivity index (χ0n) is 19.0. The average molecular weight is 485 g/mol. The van der Waals surface area contributed by atoms with Crippen LogP contribution in [0, 0.1) is 0 Å². The molecule has 1 amide bonds. The summed E-state index contributed by atoms with van der Waals surface area (Å²) in [5, 5.41) is 20.9. The zero-order chi connectivity index (χ0) is 24.1. The van der Waals surface area contributed by atoms with E-state index in [0.717, 1.165) is 25.1 Å². The highest BCUT2D eigenvalue weighted by atomic mass is 32.1. The number of thiophene rings is 1. The van der Waals surface area contributed by atoms with Gasteiger partial charge in [-0.15, -0.1) is 24.2 Å². The molecule has 0 saturated carbocycles. The summed E-state index contributed by atoms with van der Waals surface area (Å²) in [4.78, 5) is 15.8. The maximum absolute atomic E-state index is 11.0. The second kappa shape index (κ2) is 14.5. The highest BCUT2D eigenvalue weighted by molar-refractivity contribution is 7.77. The van der Waals surface area contributed by atoms with Crippen molar-refractivity contribution >= 4 is 57.3 Å². The number of aromatic amines is 1. The molecule has 0 aliphatic rings. The Bertz CT molecular complexity index is 1150. The van der Waals surface area contributed by atoms with Gasteiger partial charge in [-0.05, 0) is 47.2 Å². The summed E-state index contributed by atoms with van der Waals surface area (Å²) in [6, 6.07) is 16.6. The zero-order valence-corrected chi connectivity index (χ0v) is 20.7. The van der Waals surface area contributed by atoms with Gasteiger partial charge >= 0.3 is 0 Å². The fourth-order valence-corrected chi connectivity index (χ4v) is 4.13. The summed E-state index contributed by atoms with van der Waals surface area (Å²) in [6.07, 6.45) is 5.16. The Hall–Kier alpha value is -2.62.